The molecule has 0 fully saturated rings. The smallest absolute Gasteiger partial charge is 0.0708 e. The molecule has 0 radical (unpaired) electrons. The van der Waals surface area contributed by atoms with Gasteiger partial charge in [0, 0.05) is 17.2 Å². The molecule has 0 saturated heterocycles. The highest BCUT2D eigenvalue weighted by Crippen LogP contribution is 2.43. The maximum atomic E-state index is 5.28. The zero-order chi connectivity index (χ0) is 20.1. The predicted molar refractivity (Wildman–Crippen MR) is 126 cm³/mol. The Kier molecular flexibility index (Phi) is 6.24. The average molecular weight is 382 g/mol. The van der Waals surface area contributed by atoms with Crippen molar-refractivity contribution in [1.82, 2.24) is 0 Å². The molecule has 1 heteroatoms. The molecule has 29 heavy (non-hydrogen) atoms. The third kappa shape index (κ3) is 4.19. The molecule has 3 aromatic carbocycles. The highest BCUT2D eigenvalue weighted by molar-refractivity contribution is 5.99. The molecule has 1 heterocycles. The van der Waals surface area contributed by atoms with Gasteiger partial charge in [-0.3, -0.25) is 4.99 Å². The van der Waals surface area contributed by atoms with Crippen molar-refractivity contribution in [2.45, 2.75) is 58.3 Å². The van der Waals surface area contributed by atoms with Crippen LogP contribution in [0, 0.1) is 0 Å². The van der Waals surface area contributed by atoms with Gasteiger partial charge in [-0.2, -0.15) is 0 Å². The molecule has 4 rings (SSSR count). The van der Waals surface area contributed by atoms with E-state index in [1.807, 2.05) is 0 Å². The van der Waals surface area contributed by atoms with Gasteiger partial charge in [0.15, 0.2) is 0 Å². The van der Waals surface area contributed by atoms with Crippen LogP contribution in [-0.2, 0) is 0 Å². The predicted octanol–water partition coefficient (Wildman–Crippen LogP) is 8.57. The molecule has 0 unspecified atom stereocenters. The van der Waals surface area contributed by atoms with Crippen molar-refractivity contribution in [2.24, 2.45) is 4.99 Å². The number of rotatable bonds is 7. The van der Waals surface area contributed by atoms with E-state index >= 15 is 0 Å². The van der Waals surface area contributed by atoms with E-state index in [1.165, 1.54) is 65.6 Å². The lowest BCUT2D eigenvalue weighted by Crippen LogP contribution is -2.13. The van der Waals surface area contributed by atoms with E-state index in [-0.39, 0.29) is 0 Å². The molecule has 0 aliphatic carbocycles. The second kappa shape index (κ2) is 9.22. The first kappa shape index (κ1) is 19.6. The molecule has 0 bridgehead atoms. The fourth-order valence-corrected chi connectivity index (χ4v) is 4.44. The summed E-state index contributed by atoms with van der Waals surface area (Å²) in [6.07, 6.45) is 7.18. The summed E-state index contributed by atoms with van der Waals surface area (Å²) < 4.78 is 0. The van der Waals surface area contributed by atoms with Crippen LogP contribution in [0.4, 0.5) is 5.69 Å². The van der Waals surface area contributed by atoms with Crippen LogP contribution in [0.1, 0.15) is 63.9 Å². The molecule has 3 aromatic rings. The van der Waals surface area contributed by atoms with Crippen LogP contribution in [0.3, 0.4) is 0 Å². The lowest BCUT2D eigenvalue weighted by Gasteiger charge is -2.20. The van der Waals surface area contributed by atoms with Crippen molar-refractivity contribution in [3.8, 4) is 22.3 Å². The Morgan fingerprint density at radius 3 is 2.28 bits per heavy atom. The van der Waals surface area contributed by atoms with Gasteiger partial charge in [-0.05, 0) is 53.6 Å². The summed E-state index contributed by atoms with van der Waals surface area (Å²) in [5.41, 5.74) is 9.11. The van der Waals surface area contributed by atoms with Gasteiger partial charge in [0.2, 0.25) is 0 Å². The highest BCUT2D eigenvalue weighted by Gasteiger charge is 2.25. The van der Waals surface area contributed by atoms with Gasteiger partial charge in [0.1, 0.15) is 0 Å². The molecule has 0 aromatic heterocycles. The van der Waals surface area contributed by atoms with E-state index in [4.69, 9.17) is 4.99 Å². The Morgan fingerprint density at radius 2 is 1.48 bits per heavy atom. The SMILES string of the molecule is CCCCC1=Nc2ccc(-c3ccccc3)cc2-c2ccccc2[C@@H]1CCCC. The van der Waals surface area contributed by atoms with Crippen molar-refractivity contribution >= 4 is 11.4 Å². The molecule has 0 spiro atoms. The molecule has 1 atom stereocenters. The summed E-state index contributed by atoms with van der Waals surface area (Å²) in [5.74, 6) is 0.435. The van der Waals surface area contributed by atoms with Crippen molar-refractivity contribution in [1.29, 1.82) is 0 Å². The molecule has 1 nitrogen and oxygen atoms in total. The summed E-state index contributed by atoms with van der Waals surface area (Å²) in [4.78, 5) is 5.28. The molecule has 148 valence electrons. The van der Waals surface area contributed by atoms with Crippen LogP contribution in [0.2, 0.25) is 0 Å². The minimum Gasteiger partial charge on any atom is -0.257 e. The maximum Gasteiger partial charge on any atom is 0.0708 e. The van der Waals surface area contributed by atoms with Crippen molar-refractivity contribution in [2.75, 3.05) is 0 Å². The van der Waals surface area contributed by atoms with Crippen molar-refractivity contribution in [3.63, 3.8) is 0 Å². The normalized spacial score (nSPS) is 15.2. The second-order valence-corrected chi connectivity index (χ2v) is 8.09. The van der Waals surface area contributed by atoms with Crippen molar-refractivity contribution in [3.05, 3.63) is 78.4 Å². The fraction of sp³-hybridized carbons (Fsp3) is 0.321. The summed E-state index contributed by atoms with van der Waals surface area (Å²) in [5, 5.41) is 0. The highest BCUT2D eigenvalue weighted by atomic mass is 14.8. The first-order valence-corrected chi connectivity index (χ1v) is 11.2. The van der Waals surface area contributed by atoms with E-state index in [0.29, 0.717) is 5.92 Å². The Morgan fingerprint density at radius 1 is 0.724 bits per heavy atom. The lowest BCUT2D eigenvalue weighted by atomic mass is 9.83. The Hall–Kier alpha value is -2.67. The largest absolute Gasteiger partial charge is 0.257 e. The number of nitrogens with zero attached hydrogens (tertiary/aromatic N) is 1. The number of unbranched alkanes of at least 4 members (excludes halogenated alkanes) is 2. The topological polar surface area (TPSA) is 12.4 Å². The van der Waals surface area contributed by atoms with Gasteiger partial charge < -0.3 is 0 Å². The zero-order valence-corrected chi connectivity index (χ0v) is 17.7. The average Bonchev–Trinajstić information content (AvgIpc) is 2.91. The Bertz CT molecular complexity index is 984. The van der Waals surface area contributed by atoms with Gasteiger partial charge in [0.25, 0.3) is 0 Å². The summed E-state index contributed by atoms with van der Waals surface area (Å²) in [6.45, 7) is 4.55. The number of fused-ring (bicyclic) bond motifs is 3. The Labute approximate surface area is 175 Å². The standard InChI is InChI=1S/C28H31N/c1-3-5-14-25-23-15-10-11-16-24(23)26-20-22(21-12-8-7-9-13-21)18-19-28(26)29-27(25)17-6-4-2/h7-13,15-16,18-20,25H,3-6,14,17H2,1-2H3/t25-/m0/s1. The zero-order valence-electron chi connectivity index (χ0n) is 17.7. The van der Waals surface area contributed by atoms with Gasteiger partial charge in [-0.1, -0.05) is 93.8 Å². The first-order valence-electron chi connectivity index (χ1n) is 11.2. The number of hydrogen-bond acceptors (Lipinski definition) is 1. The van der Waals surface area contributed by atoms with Crippen LogP contribution in [0.25, 0.3) is 22.3 Å². The number of benzene rings is 3. The van der Waals surface area contributed by atoms with E-state index in [1.54, 1.807) is 0 Å². The molecule has 0 saturated carbocycles. The summed E-state index contributed by atoms with van der Waals surface area (Å²) in [6, 6.07) is 26.4. The van der Waals surface area contributed by atoms with Gasteiger partial charge in [-0.25, -0.2) is 0 Å². The first-order chi connectivity index (χ1) is 14.3. The molecule has 1 aliphatic heterocycles. The van der Waals surface area contributed by atoms with Crippen LogP contribution in [-0.4, -0.2) is 5.71 Å². The second-order valence-electron chi connectivity index (χ2n) is 8.09. The van der Waals surface area contributed by atoms with E-state index < -0.39 is 0 Å². The minimum absolute atomic E-state index is 0.435. The van der Waals surface area contributed by atoms with E-state index in [0.717, 1.165) is 12.1 Å². The van der Waals surface area contributed by atoms with Gasteiger partial charge in [-0.15, -0.1) is 0 Å². The van der Waals surface area contributed by atoms with Gasteiger partial charge in [0.05, 0.1) is 5.69 Å². The molecule has 0 amide bonds. The van der Waals surface area contributed by atoms with E-state index in [2.05, 4.69) is 86.6 Å². The summed E-state index contributed by atoms with van der Waals surface area (Å²) in [7, 11) is 0. The quantitative estimate of drug-likeness (QED) is 0.388. The fourth-order valence-electron chi connectivity index (χ4n) is 4.44. The number of hydrogen-bond donors (Lipinski definition) is 0. The molecule has 1 aliphatic rings. The van der Waals surface area contributed by atoms with Crippen LogP contribution >= 0.6 is 0 Å². The van der Waals surface area contributed by atoms with Crippen LogP contribution in [0.15, 0.2) is 77.8 Å². The molecular weight excluding hydrogens is 350 g/mol. The molecular formula is C28H31N. The van der Waals surface area contributed by atoms with Gasteiger partial charge >= 0.3 is 0 Å². The minimum atomic E-state index is 0.435. The van der Waals surface area contributed by atoms with Crippen molar-refractivity contribution < 1.29 is 0 Å². The molecule has 0 N–H and O–H groups in total. The number of aliphatic imine (C=N–C) groups is 1. The monoisotopic (exact) mass is 381 g/mol. The maximum absolute atomic E-state index is 5.28. The Balaban J connectivity index is 1.87. The summed E-state index contributed by atoms with van der Waals surface area (Å²) >= 11 is 0. The lowest BCUT2D eigenvalue weighted by molar-refractivity contribution is 0.672. The van der Waals surface area contributed by atoms with Crippen LogP contribution in [0.5, 0.6) is 0 Å². The van der Waals surface area contributed by atoms with E-state index in [9.17, 15) is 0 Å². The third-order valence-corrected chi connectivity index (χ3v) is 6.03. The third-order valence-electron chi connectivity index (χ3n) is 6.03. The van der Waals surface area contributed by atoms with Crippen LogP contribution < -0.4 is 0 Å².